The van der Waals surface area contributed by atoms with E-state index in [1.807, 2.05) is 0 Å². The number of thioether (sulfide) groups is 1. The molecule has 2 rings (SSSR count). The Morgan fingerprint density at radius 1 is 1.30 bits per heavy atom. The van der Waals surface area contributed by atoms with Gasteiger partial charge in [0.05, 0.1) is 0 Å². The molecule has 1 aliphatic carbocycles. The topological polar surface area (TPSA) is 12.0 Å². The molecule has 1 aliphatic rings. The van der Waals surface area contributed by atoms with Gasteiger partial charge in [-0.25, -0.2) is 0 Å². The Bertz CT molecular complexity index is 422. The highest BCUT2D eigenvalue weighted by Gasteiger charge is 2.28. The fourth-order valence-corrected chi connectivity index (χ4v) is 3.78. The van der Waals surface area contributed by atoms with Gasteiger partial charge in [-0.05, 0) is 42.9 Å². The molecule has 1 N–H and O–H groups in total. The second-order valence-corrected chi connectivity index (χ2v) is 8.76. The molecule has 1 aromatic rings. The third kappa shape index (κ3) is 4.53. The summed E-state index contributed by atoms with van der Waals surface area (Å²) in [6.07, 6.45) is 3.79. The van der Waals surface area contributed by atoms with Crippen LogP contribution in [0.3, 0.4) is 0 Å². The number of hydrogen-bond donors (Lipinski definition) is 1. The van der Waals surface area contributed by atoms with E-state index in [1.54, 1.807) is 11.1 Å². The molecule has 0 amide bonds. The second-order valence-electron chi connectivity index (χ2n) is 6.91. The van der Waals surface area contributed by atoms with Gasteiger partial charge in [0, 0.05) is 16.5 Å². The smallest absolute Gasteiger partial charge is 0.0164 e. The van der Waals surface area contributed by atoms with Gasteiger partial charge < -0.3 is 5.32 Å². The first-order valence-corrected chi connectivity index (χ1v) is 8.93. The van der Waals surface area contributed by atoms with Crippen LogP contribution in [-0.4, -0.2) is 23.1 Å². The van der Waals surface area contributed by atoms with E-state index >= 15 is 0 Å². The van der Waals surface area contributed by atoms with Gasteiger partial charge in [0.2, 0.25) is 0 Å². The number of nitrogens with one attached hydrogen (secondary N) is 1. The van der Waals surface area contributed by atoms with Gasteiger partial charge in [-0.1, -0.05) is 52.0 Å². The van der Waals surface area contributed by atoms with Crippen LogP contribution in [0, 0.1) is 0 Å². The molecule has 20 heavy (non-hydrogen) atoms. The van der Waals surface area contributed by atoms with Crippen LogP contribution in [0.2, 0.25) is 0 Å². The molecule has 0 saturated carbocycles. The van der Waals surface area contributed by atoms with Crippen molar-refractivity contribution in [2.24, 2.45) is 0 Å². The molecule has 0 saturated heterocycles. The van der Waals surface area contributed by atoms with Gasteiger partial charge in [-0.3, -0.25) is 0 Å². The summed E-state index contributed by atoms with van der Waals surface area (Å²) in [5, 5.41) is 3.75. The Balaban J connectivity index is 1.88. The number of hydrogen-bond acceptors (Lipinski definition) is 2. The molecule has 0 fully saturated rings. The molecule has 1 aromatic carbocycles. The first kappa shape index (κ1) is 15.9. The molecule has 2 unspecified atom stereocenters. The van der Waals surface area contributed by atoms with Crippen molar-refractivity contribution < 1.29 is 0 Å². The lowest BCUT2D eigenvalue weighted by atomic mass is 9.74. The molecule has 0 bridgehead atoms. The monoisotopic (exact) mass is 291 g/mol. The molecule has 0 heterocycles. The Morgan fingerprint density at radius 2 is 2.05 bits per heavy atom. The van der Waals surface area contributed by atoms with Crippen molar-refractivity contribution in [1.82, 2.24) is 5.32 Å². The third-order valence-electron chi connectivity index (χ3n) is 3.93. The molecule has 1 nitrogen and oxygen atoms in total. The molecule has 0 aliphatic heterocycles. The van der Waals surface area contributed by atoms with Crippen molar-refractivity contribution in [2.75, 3.05) is 12.3 Å². The standard InChI is InChI=1S/C18H29NS/c1-5-10-19-16(13-20-18(2,3)4)12-15-11-14-8-6-7-9-17(14)15/h6-9,15-16,19H,5,10-13H2,1-4H3. The van der Waals surface area contributed by atoms with Gasteiger partial charge >= 0.3 is 0 Å². The lowest BCUT2D eigenvalue weighted by molar-refractivity contribution is 0.444. The minimum absolute atomic E-state index is 0.365. The summed E-state index contributed by atoms with van der Waals surface area (Å²) in [6, 6.07) is 9.60. The van der Waals surface area contributed by atoms with E-state index in [2.05, 4.69) is 69.0 Å². The number of benzene rings is 1. The van der Waals surface area contributed by atoms with E-state index in [9.17, 15) is 0 Å². The molecule has 112 valence electrons. The van der Waals surface area contributed by atoms with Crippen LogP contribution < -0.4 is 5.32 Å². The summed E-state index contributed by atoms with van der Waals surface area (Å²) < 4.78 is 0.365. The van der Waals surface area contributed by atoms with Crippen molar-refractivity contribution in [3.63, 3.8) is 0 Å². The minimum Gasteiger partial charge on any atom is -0.313 e. The molecule has 0 spiro atoms. The van der Waals surface area contributed by atoms with Crippen LogP contribution in [0.1, 0.15) is 57.6 Å². The molecular formula is C18H29NS. The zero-order valence-electron chi connectivity index (χ0n) is 13.4. The Hall–Kier alpha value is -0.470. The summed E-state index contributed by atoms with van der Waals surface area (Å²) in [5.41, 5.74) is 3.16. The Labute approximate surface area is 128 Å². The predicted molar refractivity (Wildman–Crippen MR) is 91.8 cm³/mol. The summed E-state index contributed by atoms with van der Waals surface area (Å²) in [7, 11) is 0. The van der Waals surface area contributed by atoms with Crippen molar-refractivity contribution in [2.45, 2.75) is 63.7 Å². The first-order chi connectivity index (χ1) is 9.49. The van der Waals surface area contributed by atoms with Crippen LogP contribution in [0.25, 0.3) is 0 Å². The predicted octanol–water partition coefficient (Wildman–Crippen LogP) is 4.62. The fraction of sp³-hybridized carbons (Fsp3) is 0.667. The maximum absolute atomic E-state index is 3.75. The summed E-state index contributed by atoms with van der Waals surface area (Å²) in [4.78, 5) is 0. The first-order valence-electron chi connectivity index (χ1n) is 7.94. The van der Waals surface area contributed by atoms with Crippen molar-refractivity contribution in [3.05, 3.63) is 35.4 Å². The van der Waals surface area contributed by atoms with Crippen LogP contribution in [-0.2, 0) is 6.42 Å². The van der Waals surface area contributed by atoms with Crippen LogP contribution in [0.4, 0.5) is 0 Å². The van der Waals surface area contributed by atoms with E-state index < -0.39 is 0 Å². The molecule has 0 radical (unpaired) electrons. The molecule has 2 heteroatoms. The largest absolute Gasteiger partial charge is 0.313 e. The van der Waals surface area contributed by atoms with Gasteiger partial charge in [0.25, 0.3) is 0 Å². The average molecular weight is 292 g/mol. The summed E-state index contributed by atoms with van der Waals surface area (Å²) >= 11 is 2.09. The highest BCUT2D eigenvalue weighted by molar-refractivity contribution is 8.00. The van der Waals surface area contributed by atoms with Gasteiger partial charge in [-0.2, -0.15) is 11.8 Å². The SMILES string of the molecule is CCCNC(CSC(C)(C)C)CC1Cc2ccccc21. The second kappa shape index (κ2) is 7.00. The fourth-order valence-electron chi connectivity index (χ4n) is 2.83. The number of fused-ring (bicyclic) bond motifs is 1. The highest BCUT2D eigenvalue weighted by atomic mass is 32.2. The molecule has 2 atom stereocenters. The van der Waals surface area contributed by atoms with Gasteiger partial charge in [0.1, 0.15) is 0 Å². The van der Waals surface area contributed by atoms with E-state index in [0.717, 1.165) is 12.5 Å². The van der Waals surface area contributed by atoms with E-state index in [4.69, 9.17) is 0 Å². The van der Waals surface area contributed by atoms with Crippen LogP contribution in [0.5, 0.6) is 0 Å². The van der Waals surface area contributed by atoms with Gasteiger partial charge in [-0.15, -0.1) is 0 Å². The van der Waals surface area contributed by atoms with Crippen LogP contribution in [0.15, 0.2) is 24.3 Å². The van der Waals surface area contributed by atoms with Crippen molar-refractivity contribution in [3.8, 4) is 0 Å². The zero-order valence-corrected chi connectivity index (χ0v) is 14.2. The molecule has 0 aromatic heterocycles. The highest BCUT2D eigenvalue weighted by Crippen LogP contribution is 2.38. The maximum Gasteiger partial charge on any atom is 0.0164 e. The average Bonchev–Trinajstić information content (AvgIpc) is 2.37. The molecular weight excluding hydrogens is 262 g/mol. The third-order valence-corrected chi connectivity index (χ3v) is 5.37. The number of rotatable bonds is 7. The normalized spacial score (nSPS) is 19.3. The van der Waals surface area contributed by atoms with Gasteiger partial charge in [0.15, 0.2) is 0 Å². The maximum atomic E-state index is 3.75. The summed E-state index contributed by atoms with van der Waals surface area (Å²) in [5.74, 6) is 2.00. The summed E-state index contributed by atoms with van der Waals surface area (Å²) in [6.45, 7) is 10.3. The van der Waals surface area contributed by atoms with Crippen molar-refractivity contribution in [1.29, 1.82) is 0 Å². The van der Waals surface area contributed by atoms with E-state index in [0.29, 0.717) is 10.8 Å². The van der Waals surface area contributed by atoms with E-state index in [-0.39, 0.29) is 0 Å². The Morgan fingerprint density at radius 3 is 2.70 bits per heavy atom. The van der Waals surface area contributed by atoms with Crippen molar-refractivity contribution >= 4 is 11.8 Å². The quantitative estimate of drug-likeness (QED) is 0.787. The minimum atomic E-state index is 0.365. The zero-order chi connectivity index (χ0) is 14.6. The lowest BCUT2D eigenvalue weighted by Gasteiger charge is -2.34. The Kier molecular flexibility index (Phi) is 5.57. The lowest BCUT2D eigenvalue weighted by Crippen LogP contribution is -2.36. The van der Waals surface area contributed by atoms with Crippen LogP contribution >= 0.6 is 11.8 Å². The van der Waals surface area contributed by atoms with E-state index in [1.165, 1.54) is 25.0 Å².